The third-order valence-corrected chi connectivity index (χ3v) is 4.71. The van der Waals surface area contributed by atoms with Gasteiger partial charge in [0, 0.05) is 17.6 Å². The molecule has 0 spiro atoms. The van der Waals surface area contributed by atoms with Crippen LogP contribution in [-0.4, -0.2) is 30.5 Å². The lowest BCUT2D eigenvalue weighted by atomic mass is 10.1. The Labute approximate surface area is 134 Å². The Morgan fingerprint density at radius 1 is 1.18 bits per heavy atom. The normalized spacial score (nSPS) is 11.0. The van der Waals surface area contributed by atoms with Gasteiger partial charge in [0.2, 0.25) is 0 Å². The summed E-state index contributed by atoms with van der Waals surface area (Å²) >= 11 is 1.68. The molecule has 0 bridgehead atoms. The molecule has 3 aromatic rings. The van der Waals surface area contributed by atoms with Crippen molar-refractivity contribution < 1.29 is 0 Å². The van der Waals surface area contributed by atoms with Crippen LogP contribution in [0.1, 0.15) is 11.1 Å². The van der Waals surface area contributed by atoms with Gasteiger partial charge in [-0.25, -0.2) is 0 Å². The second-order valence-corrected chi connectivity index (χ2v) is 6.66. The second-order valence-electron chi connectivity index (χ2n) is 5.58. The molecule has 110 valence electrons. The van der Waals surface area contributed by atoms with Gasteiger partial charge in [-0.1, -0.05) is 24.3 Å². The van der Waals surface area contributed by atoms with Gasteiger partial charge < -0.3 is 4.90 Å². The van der Waals surface area contributed by atoms with Crippen molar-refractivity contribution in [3.63, 3.8) is 0 Å². The van der Waals surface area contributed by atoms with Gasteiger partial charge in [-0.3, -0.25) is 4.98 Å². The van der Waals surface area contributed by atoms with E-state index in [1.807, 2.05) is 6.07 Å². The van der Waals surface area contributed by atoms with E-state index in [1.54, 1.807) is 17.5 Å². The topological polar surface area (TPSA) is 39.9 Å². The van der Waals surface area contributed by atoms with Crippen molar-refractivity contribution in [3.8, 4) is 16.5 Å². The summed E-state index contributed by atoms with van der Waals surface area (Å²) in [6.45, 7) is 1.06. The summed E-state index contributed by atoms with van der Waals surface area (Å²) in [5, 5.41) is 8.95. The zero-order valence-corrected chi connectivity index (χ0v) is 13.5. The third kappa shape index (κ3) is 3.16. The maximum absolute atomic E-state index is 8.95. The summed E-state index contributed by atoms with van der Waals surface area (Å²) < 4.78 is 1.06. The van der Waals surface area contributed by atoms with Crippen LogP contribution >= 0.6 is 11.3 Å². The minimum atomic E-state index is 0.611. The number of pyridine rings is 1. The van der Waals surface area contributed by atoms with Gasteiger partial charge >= 0.3 is 0 Å². The fourth-order valence-electron chi connectivity index (χ4n) is 2.31. The van der Waals surface area contributed by atoms with Gasteiger partial charge in [-0.15, -0.1) is 11.3 Å². The maximum Gasteiger partial charge on any atom is 0.101 e. The molecule has 0 aliphatic heterocycles. The van der Waals surface area contributed by atoms with Crippen LogP contribution in [0.2, 0.25) is 0 Å². The molecule has 0 unspecified atom stereocenters. The maximum atomic E-state index is 8.95. The van der Waals surface area contributed by atoms with Crippen molar-refractivity contribution in [2.45, 2.75) is 6.42 Å². The van der Waals surface area contributed by atoms with Crippen LogP contribution in [0.4, 0.5) is 0 Å². The van der Waals surface area contributed by atoms with Crippen LogP contribution in [0, 0.1) is 11.3 Å². The molecular weight excluding hydrogens is 290 g/mol. The lowest BCUT2D eigenvalue weighted by Crippen LogP contribution is -2.14. The highest BCUT2D eigenvalue weighted by Gasteiger charge is 2.06. The summed E-state index contributed by atoms with van der Waals surface area (Å²) in [7, 11) is 4.18. The van der Waals surface area contributed by atoms with Crippen molar-refractivity contribution in [2.75, 3.05) is 20.6 Å². The first kappa shape index (κ1) is 14.7. The molecule has 0 aliphatic carbocycles. The average Bonchev–Trinajstić information content (AvgIpc) is 2.96. The van der Waals surface area contributed by atoms with Gasteiger partial charge in [0.15, 0.2) is 0 Å². The molecule has 0 aliphatic rings. The molecule has 2 aromatic heterocycles. The number of rotatable bonds is 4. The molecule has 2 heterocycles. The fraction of sp³-hybridized carbons (Fsp3) is 0.222. The van der Waals surface area contributed by atoms with E-state index in [1.165, 1.54) is 16.0 Å². The number of thiophene rings is 1. The smallest absolute Gasteiger partial charge is 0.101 e. The predicted octanol–water partition coefficient (Wildman–Crippen LogP) is 3.94. The minimum absolute atomic E-state index is 0.611. The Balaban J connectivity index is 1.86. The van der Waals surface area contributed by atoms with Gasteiger partial charge in [-0.2, -0.15) is 5.26 Å². The molecule has 0 fully saturated rings. The quantitative estimate of drug-likeness (QED) is 0.733. The highest BCUT2D eigenvalue weighted by molar-refractivity contribution is 7.22. The highest BCUT2D eigenvalue weighted by atomic mass is 32.1. The Hall–Kier alpha value is -2.22. The van der Waals surface area contributed by atoms with E-state index in [9.17, 15) is 0 Å². The lowest BCUT2D eigenvalue weighted by Gasteiger charge is -2.09. The summed E-state index contributed by atoms with van der Waals surface area (Å²) in [5.41, 5.74) is 4.12. The van der Waals surface area contributed by atoms with Gasteiger partial charge in [0.1, 0.15) is 6.07 Å². The zero-order chi connectivity index (χ0) is 15.5. The van der Waals surface area contributed by atoms with E-state index in [2.05, 4.69) is 60.4 Å². The largest absolute Gasteiger partial charge is 0.309 e. The van der Waals surface area contributed by atoms with E-state index < -0.39 is 0 Å². The summed E-state index contributed by atoms with van der Waals surface area (Å²) in [6.07, 6.45) is 2.69. The molecule has 0 N–H and O–H groups in total. The van der Waals surface area contributed by atoms with Crippen molar-refractivity contribution in [3.05, 3.63) is 53.7 Å². The molecule has 22 heavy (non-hydrogen) atoms. The highest BCUT2D eigenvalue weighted by Crippen LogP contribution is 2.33. The Morgan fingerprint density at radius 3 is 2.64 bits per heavy atom. The molecular formula is C18H17N3S. The Bertz CT molecular complexity index is 826. The van der Waals surface area contributed by atoms with Crippen molar-refractivity contribution in [1.82, 2.24) is 9.88 Å². The van der Waals surface area contributed by atoms with Gasteiger partial charge in [0.25, 0.3) is 0 Å². The van der Waals surface area contributed by atoms with Gasteiger partial charge in [-0.05, 0) is 43.8 Å². The molecule has 3 nitrogen and oxygen atoms in total. The van der Waals surface area contributed by atoms with E-state index in [0.717, 1.165) is 23.2 Å². The van der Waals surface area contributed by atoms with Crippen LogP contribution in [-0.2, 0) is 6.42 Å². The number of benzene rings is 1. The molecule has 3 rings (SSSR count). The number of fused-ring (bicyclic) bond motifs is 1. The zero-order valence-electron chi connectivity index (χ0n) is 12.7. The summed E-state index contributed by atoms with van der Waals surface area (Å²) in [6, 6.07) is 14.9. The molecule has 4 heteroatoms. The average molecular weight is 307 g/mol. The number of hydrogen-bond acceptors (Lipinski definition) is 4. The van der Waals surface area contributed by atoms with Crippen molar-refractivity contribution in [1.29, 1.82) is 5.26 Å². The van der Waals surface area contributed by atoms with Crippen molar-refractivity contribution >= 4 is 21.6 Å². The van der Waals surface area contributed by atoms with E-state index in [-0.39, 0.29) is 0 Å². The third-order valence-electron chi connectivity index (χ3n) is 3.58. The second kappa shape index (κ2) is 6.27. The summed E-state index contributed by atoms with van der Waals surface area (Å²) in [5.74, 6) is 0. The van der Waals surface area contributed by atoms with Crippen LogP contribution in [0.25, 0.3) is 20.7 Å². The monoisotopic (exact) mass is 307 g/mol. The number of nitrogens with zero attached hydrogens (tertiary/aromatic N) is 3. The summed E-state index contributed by atoms with van der Waals surface area (Å²) in [4.78, 5) is 7.73. The number of likely N-dealkylation sites (N-methyl/N-ethyl adjacent to an activating group) is 1. The van der Waals surface area contributed by atoms with Crippen LogP contribution in [0.5, 0.6) is 0 Å². The van der Waals surface area contributed by atoms with E-state index >= 15 is 0 Å². The molecule has 1 aromatic carbocycles. The first-order valence-corrected chi connectivity index (χ1v) is 8.01. The Morgan fingerprint density at radius 2 is 1.95 bits per heavy atom. The number of aromatic nitrogens is 1. The van der Waals surface area contributed by atoms with Crippen molar-refractivity contribution in [2.24, 2.45) is 0 Å². The first-order chi connectivity index (χ1) is 10.7. The molecule has 0 radical (unpaired) electrons. The van der Waals surface area contributed by atoms with Crippen LogP contribution < -0.4 is 0 Å². The predicted molar refractivity (Wildman–Crippen MR) is 92.0 cm³/mol. The molecule has 0 atom stereocenters. The number of nitriles is 1. The minimum Gasteiger partial charge on any atom is -0.309 e. The van der Waals surface area contributed by atoms with E-state index in [4.69, 9.17) is 5.26 Å². The van der Waals surface area contributed by atoms with Gasteiger partial charge in [0.05, 0.1) is 15.8 Å². The molecule has 0 saturated carbocycles. The molecule has 0 amide bonds. The lowest BCUT2D eigenvalue weighted by molar-refractivity contribution is 0.413. The van der Waals surface area contributed by atoms with Crippen LogP contribution in [0.3, 0.4) is 0 Å². The standard InChI is InChI=1S/C18H17N3S/c1-21(2)8-7-13-3-5-15(6-4-13)17-10-16-18(22-17)9-14(11-19)12-20-16/h3-6,9-10,12H,7-8H2,1-2H3. The first-order valence-electron chi connectivity index (χ1n) is 7.19. The van der Waals surface area contributed by atoms with E-state index in [0.29, 0.717) is 5.56 Å². The fourth-order valence-corrected chi connectivity index (χ4v) is 3.37. The van der Waals surface area contributed by atoms with Crippen LogP contribution in [0.15, 0.2) is 42.6 Å². The Kier molecular flexibility index (Phi) is 4.19. The SMILES string of the molecule is CN(C)CCc1ccc(-c2cc3ncc(C#N)cc3s2)cc1. The molecule has 0 saturated heterocycles. The number of hydrogen-bond donors (Lipinski definition) is 0.